The van der Waals surface area contributed by atoms with Crippen molar-refractivity contribution < 1.29 is 37.4 Å². The van der Waals surface area contributed by atoms with Gasteiger partial charge >= 0.3 is 18.0 Å². The molecule has 0 saturated carbocycles. The number of amides is 1. The number of hydrogen-bond donors (Lipinski definition) is 1. The zero-order valence-electron chi connectivity index (χ0n) is 22.4. The maximum atomic E-state index is 14.2. The monoisotopic (exact) mass is 600 g/mol. The third-order valence-electron chi connectivity index (χ3n) is 7.14. The van der Waals surface area contributed by atoms with Crippen LogP contribution in [0.15, 0.2) is 36.4 Å². The van der Waals surface area contributed by atoms with E-state index in [2.05, 4.69) is 5.32 Å². The zero-order valence-corrected chi connectivity index (χ0v) is 23.9. The first-order valence-corrected chi connectivity index (χ1v) is 13.5. The van der Waals surface area contributed by atoms with Gasteiger partial charge in [0.1, 0.15) is 11.6 Å². The van der Waals surface area contributed by atoms with Crippen LogP contribution < -0.4 is 5.32 Å². The Labute approximate surface area is 241 Å². The summed E-state index contributed by atoms with van der Waals surface area (Å²) in [5, 5.41) is 3.86. The molecule has 4 rings (SSSR count). The highest BCUT2D eigenvalue weighted by molar-refractivity contribution is 6.30. The summed E-state index contributed by atoms with van der Waals surface area (Å²) in [6.07, 6.45) is 1.44. The number of likely N-dealkylation sites (tertiary alicyclic amines) is 1. The topological polar surface area (TPSA) is 94.2 Å². The summed E-state index contributed by atoms with van der Waals surface area (Å²) >= 11 is 11.5. The second-order valence-corrected chi connectivity index (χ2v) is 10.4. The molecule has 2 aliphatic rings. The predicted octanol–water partition coefficient (Wildman–Crippen LogP) is 5.86. The fourth-order valence-electron chi connectivity index (χ4n) is 5.07. The van der Waals surface area contributed by atoms with Gasteiger partial charge in [-0.3, -0.25) is 9.59 Å². The van der Waals surface area contributed by atoms with Gasteiger partial charge in [0.05, 0.1) is 39.2 Å². The Bertz CT molecular complexity index is 1220. The van der Waals surface area contributed by atoms with E-state index in [-0.39, 0.29) is 47.1 Å². The third-order valence-corrected chi connectivity index (χ3v) is 7.61. The molecule has 2 aliphatic heterocycles. The average molecular weight is 601 g/mol. The van der Waals surface area contributed by atoms with E-state index in [1.54, 1.807) is 18.2 Å². The van der Waals surface area contributed by atoms with Gasteiger partial charge in [-0.15, -0.1) is 0 Å². The molecule has 1 amide bonds. The molecule has 0 spiro atoms. The van der Waals surface area contributed by atoms with Gasteiger partial charge in [0.25, 0.3) is 0 Å². The van der Waals surface area contributed by atoms with Crippen LogP contribution >= 0.6 is 23.2 Å². The lowest BCUT2D eigenvalue weighted by atomic mass is 9.87. The second kappa shape index (κ2) is 14.6. The van der Waals surface area contributed by atoms with Gasteiger partial charge in [-0.05, 0) is 56.5 Å². The van der Waals surface area contributed by atoms with Crippen molar-refractivity contribution in [1.29, 1.82) is 0 Å². The molecule has 2 aromatic rings. The van der Waals surface area contributed by atoms with Gasteiger partial charge < -0.3 is 24.4 Å². The standard InChI is InChI=1S/C15H17ClFNO4.C13H15ClFNO2/c1-21-14(19)9-5-6-18(15(20)22-2)13(7-9)11-4-3-10(16)8-12(11)17;1-18-13(17)8-4-5-16-12(6-8)10-3-2-9(14)7-11(10)15/h3-4,8-9,13H,5-7H2,1-2H3;2-3,7-8,12,16H,4-6H2,1H3. The Balaban J connectivity index is 0.000000225. The lowest BCUT2D eigenvalue weighted by Gasteiger charge is -2.37. The lowest BCUT2D eigenvalue weighted by Crippen LogP contribution is -2.43. The maximum absolute atomic E-state index is 14.2. The van der Waals surface area contributed by atoms with E-state index in [0.29, 0.717) is 42.1 Å². The van der Waals surface area contributed by atoms with Crippen LogP contribution in [0.5, 0.6) is 0 Å². The number of piperidine rings is 2. The molecule has 2 heterocycles. The Morgan fingerprint density at radius 3 is 1.90 bits per heavy atom. The Hall–Kier alpha value is -2.95. The molecule has 0 bridgehead atoms. The summed E-state index contributed by atoms with van der Waals surface area (Å²) in [4.78, 5) is 36.6. The van der Waals surface area contributed by atoms with Gasteiger partial charge in [0.15, 0.2) is 0 Å². The van der Waals surface area contributed by atoms with Crippen molar-refractivity contribution in [2.24, 2.45) is 11.8 Å². The molecular formula is C28H32Cl2F2N2O6. The second-order valence-electron chi connectivity index (χ2n) is 9.51. The molecule has 2 aromatic carbocycles. The van der Waals surface area contributed by atoms with Crippen LogP contribution in [-0.2, 0) is 23.8 Å². The van der Waals surface area contributed by atoms with Gasteiger partial charge in [0, 0.05) is 33.8 Å². The number of methoxy groups -OCH3 is 3. The smallest absolute Gasteiger partial charge is 0.409 e. The van der Waals surface area contributed by atoms with Crippen molar-refractivity contribution in [1.82, 2.24) is 10.2 Å². The summed E-state index contributed by atoms with van der Waals surface area (Å²) in [5.74, 6) is -2.00. The van der Waals surface area contributed by atoms with E-state index >= 15 is 0 Å². The zero-order chi connectivity index (χ0) is 29.4. The number of carbonyl (C=O) groups excluding carboxylic acids is 3. The molecule has 0 radical (unpaired) electrons. The quantitative estimate of drug-likeness (QED) is 0.347. The molecule has 2 fully saturated rings. The number of hydrogen-bond acceptors (Lipinski definition) is 7. The number of nitrogens with one attached hydrogen (secondary N) is 1. The van der Waals surface area contributed by atoms with Crippen LogP contribution in [0.1, 0.15) is 48.9 Å². The summed E-state index contributed by atoms with van der Waals surface area (Å²) in [6.45, 7) is 0.964. The first kappa shape index (κ1) is 31.6. The van der Waals surface area contributed by atoms with Crippen LogP contribution in [0.25, 0.3) is 0 Å². The van der Waals surface area contributed by atoms with Crippen molar-refractivity contribution in [3.63, 3.8) is 0 Å². The van der Waals surface area contributed by atoms with Crippen molar-refractivity contribution in [3.8, 4) is 0 Å². The van der Waals surface area contributed by atoms with Crippen molar-refractivity contribution in [3.05, 3.63) is 69.2 Å². The largest absolute Gasteiger partial charge is 0.469 e. The van der Waals surface area contributed by atoms with E-state index in [4.69, 9.17) is 37.4 Å². The number of nitrogens with zero attached hydrogens (tertiary/aromatic N) is 1. The molecule has 12 heteroatoms. The summed E-state index contributed by atoms with van der Waals surface area (Å²) in [5.41, 5.74) is 0.858. The van der Waals surface area contributed by atoms with E-state index in [1.165, 1.54) is 44.4 Å². The normalized spacial score (nSPS) is 22.4. The maximum Gasteiger partial charge on any atom is 0.409 e. The predicted molar refractivity (Wildman–Crippen MR) is 145 cm³/mol. The van der Waals surface area contributed by atoms with Gasteiger partial charge in [0.2, 0.25) is 0 Å². The van der Waals surface area contributed by atoms with Crippen LogP contribution in [0.4, 0.5) is 13.6 Å². The fourth-order valence-corrected chi connectivity index (χ4v) is 5.39. The van der Waals surface area contributed by atoms with Gasteiger partial charge in [-0.25, -0.2) is 13.6 Å². The van der Waals surface area contributed by atoms with Crippen LogP contribution in [-0.4, -0.2) is 57.4 Å². The van der Waals surface area contributed by atoms with Crippen molar-refractivity contribution in [2.75, 3.05) is 34.4 Å². The minimum Gasteiger partial charge on any atom is -0.469 e. The molecule has 1 N–H and O–H groups in total. The molecule has 4 atom stereocenters. The summed E-state index contributed by atoms with van der Waals surface area (Å²) in [6, 6.07) is 8.12. The average Bonchev–Trinajstić information content (AvgIpc) is 2.96. The highest BCUT2D eigenvalue weighted by Crippen LogP contribution is 2.37. The first-order valence-electron chi connectivity index (χ1n) is 12.7. The molecule has 4 unspecified atom stereocenters. The molecule has 0 aromatic heterocycles. The van der Waals surface area contributed by atoms with Crippen LogP contribution in [0, 0.1) is 23.5 Å². The number of benzene rings is 2. The molecule has 0 aliphatic carbocycles. The number of halogens is 4. The number of rotatable bonds is 4. The van der Waals surface area contributed by atoms with E-state index in [0.717, 1.165) is 6.42 Å². The molecule has 218 valence electrons. The number of esters is 2. The third kappa shape index (κ3) is 7.83. The molecule has 2 saturated heterocycles. The van der Waals surface area contributed by atoms with E-state index in [1.807, 2.05) is 0 Å². The fraction of sp³-hybridized carbons (Fsp3) is 0.464. The Morgan fingerprint density at radius 1 is 0.825 bits per heavy atom. The number of ether oxygens (including phenoxy) is 3. The Morgan fingerprint density at radius 2 is 1.38 bits per heavy atom. The minimum absolute atomic E-state index is 0.167. The van der Waals surface area contributed by atoms with E-state index < -0.39 is 18.0 Å². The SMILES string of the molecule is COC(=O)C1CCN(C(=O)OC)C(c2ccc(Cl)cc2F)C1.COC(=O)C1CCNC(c2ccc(Cl)cc2F)C1. The van der Waals surface area contributed by atoms with Gasteiger partial charge in [-0.1, -0.05) is 35.3 Å². The Kier molecular flexibility index (Phi) is 11.5. The van der Waals surface area contributed by atoms with Gasteiger partial charge in [-0.2, -0.15) is 0 Å². The summed E-state index contributed by atoms with van der Waals surface area (Å²) in [7, 11) is 3.96. The molecule has 8 nitrogen and oxygen atoms in total. The highest BCUT2D eigenvalue weighted by atomic mass is 35.5. The van der Waals surface area contributed by atoms with Crippen molar-refractivity contribution in [2.45, 2.75) is 37.8 Å². The van der Waals surface area contributed by atoms with Crippen LogP contribution in [0.2, 0.25) is 10.0 Å². The highest BCUT2D eigenvalue weighted by Gasteiger charge is 2.38. The van der Waals surface area contributed by atoms with E-state index in [9.17, 15) is 23.2 Å². The lowest BCUT2D eigenvalue weighted by molar-refractivity contribution is -0.148. The summed E-state index contributed by atoms with van der Waals surface area (Å²) < 4.78 is 42.3. The van der Waals surface area contributed by atoms with Crippen LogP contribution in [0.3, 0.4) is 0 Å². The number of carbonyl (C=O) groups is 3. The molecule has 40 heavy (non-hydrogen) atoms. The van der Waals surface area contributed by atoms with Crippen molar-refractivity contribution >= 4 is 41.2 Å². The molecular weight excluding hydrogens is 569 g/mol. The minimum atomic E-state index is -0.595. The first-order chi connectivity index (χ1) is 19.1.